The number of hydrogen-bond acceptors (Lipinski definition) is 3. The minimum atomic E-state index is -0.250. The summed E-state index contributed by atoms with van der Waals surface area (Å²) < 4.78 is 0. The Morgan fingerprint density at radius 1 is 1.56 bits per heavy atom. The van der Waals surface area contributed by atoms with Gasteiger partial charge in [-0.15, -0.1) is 0 Å². The summed E-state index contributed by atoms with van der Waals surface area (Å²) in [6.07, 6.45) is 5.02. The van der Waals surface area contributed by atoms with E-state index in [4.69, 9.17) is 9.90 Å². The summed E-state index contributed by atoms with van der Waals surface area (Å²) in [7, 11) is 1.89. The smallest absolute Gasteiger partial charge is 0.290 e. The molecule has 0 aromatic carbocycles. The van der Waals surface area contributed by atoms with Crippen molar-refractivity contribution >= 4 is 17.9 Å². The molecule has 1 aromatic rings. The normalized spacial score (nSPS) is 10.1. The predicted octanol–water partition coefficient (Wildman–Crippen LogP) is 3.11. The van der Waals surface area contributed by atoms with Crippen LogP contribution in [0.4, 0.5) is 5.82 Å². The molecule has 2 N–H and O–H groups in total. The Hall–Kier alpha value is -2.10. The van der Waals surface area contributed by atoms with Crippen molar-refractivity contribution in [3.05, 3.63) is 42.1 Å². The highest BCUT2D eigenvalue weighted by molar-refractivity contribution is 5.80. The Morgan fingerprint density at radius 3 is 2.61 bits per heavy atom. The van der Waals surface area contributed by atoms with E-state index in [1.54, 1.807) is 0 Å². The van der Waals surface area contributed by atoms with Gasteiger partial charge >= 0.3 is 0 Å². The topological polar surface area (TPSA) is 62.2 Å². The van der Waals surface area contributed by atoms with Gasteiger partial charge < -0.3 is 10.4 Å². The maximum atomic E-state index is 8.36. The van der Waals surface area contributed by atoms with E-state index in [0.717, 1.165) is 29.1 Å². The largest absolute Gasteiger partial charge is 0.483 e. The van der Waals surface area contributed by atoms with Gasteiger partial charge in [0.05, 0.1) is 0 Å². The molecule has 0 saturated heterocycles. The van der Waals surface area contributed by atoms with E-state index in [1.807, 2.05) is 26.1 Å². The molecule has 0 aliphatic heterocycles. The molecule has 0 amide bonds. The molecule has 0 aliphatic carbocycles. The molecule has 1 aromatic heterocycles. The number of allylic oxidation sites excluding steroid dienone is 3. The number of anilines is 1. The zero-order valence-electron chi connectivity index (χ0n) is 11.1. The molecule has 18 heavy (non-hydrogen) atoms. The first kappa shape index (κ1) is 15.9. The second-order valence-corrected chi connectivity index (χ2v) is 3.48. The number of carbonyl (C=O) groups is 1. The number of nitrogens with zero attached hydrogens (tertiary/aromatic N) is 1. The lowest BCUT2D eigenvalue weighted by atomic mass is 10.1. The molecule has 0 bridgehead atoms. The lowest BCUT2D eigenvalue weighted by molar-refractivity contribution is -0.122. The van der Waals surface area contributed by atoms with E-state index in [0.29, 0.717) is 0 Å². The van der Waals surface area contributed by atoms with Crippen LogP contribution in [0.5, 0.6) is 0 Å². The third-order valence-corrected chi connectivity index (χ3v) is 2.23. The summed E-state index contributed by atoms with van der Waals surface area (Å²) in [5, 5.41) is 10.00. The molecule has 0 saturated carbocycles. The minimum absolute atomic E-state index is 0.250. The summed E-state index contributed by atoms with van der Waals surface area (Å²) in [6, 6.07) is 4.10. The molecular weight excluding hydrogens is 228 g/mol. The molecule has 98 valence electrons. The van der Waals surface area contributed by atoms with Crippen molar-refractivity contribution in [3.8, 4) is 0 Å². The van der Waals surface area contributed by atoms with E-state index in [-0.39, 0.29) is 6.47 Å². The van der Waals surface area contributed by atoms with Crippen LogP contribution < -0.4 is 5.32 Å². The van der Waals surface area contributed by atoms with Crippen LogP contribution in [0.15, 0.2) is 30.9 Å². The van der Waals surface area contributed by atoms with E-state index >= 15 is 0 Å². The van der Waals surface area contributed by atoms with Crippen LogP contribution in [0.2, 0.25) is 0 Å². The maximum Gasteiger partial charge on any atom is 0.290 e. The monoisotopic (exact) mass is 248 g/mol. The van der Waals surface area contributed by atoms with Crippen molar-refractivity contribution in [2.45, 2.75) is 20.3 Å². The van der Waals surface area contributed by atoms with Gasteiger partial charge in [0.2, 0.25) is 0 Å². The predicted molar refractivity (Wildman–Crippen MR) is 75.7 cm³/mol. The first-order chi connectivity index (χ1) is 8.64. The summed E-state index contributed by atoms with van der Waals surface area (Å²) in [5.74, 6) is 0.912. The van der Waals surface area contributed by atoms with Crippen molar-refractivity contribution in [1.29, 1.82) is 0 Å². The van der Waals surface area contributed by atoms with Crippen molar-refractivity contribution in [3.63, 3.8) is 0 Å². The van der Waals surface area contributed by atoms with Gasteiger partial charge in [0.15, 0.2) is 0 Å². The van der Waals surface area contributed by atoms with Crippen LogP contribution in [-0.2, 0) is 4.79 Å². The zero-order valence-corrected chi connectivity index (χ0v) is 11.1. The zero-order chi connectivity index (χ0) is 14.0. The van der Waals surface area contributed by atoms with Gasteiger partial charge in [-0.3, -0.25) is 4.79 Å². The van der Waals surface area contributed by atoms with Crippen molar-refractivity contribution in [2.75, 3.05) is 12.4 Å². The molecule has 1 heterocycles. The second kappa shape index (κ2) is 8.98. The lowest BCUT2D eigenvalue weighted by Crippen LogP contribution is -1.98. The standard InChI is InChI=1S/C13H18N2.CH2O2/c1-5-7-11(6-2)12-9-8-10(3)15-13(12)14-4;2-1-3/h6-9H,2,5H2,1,3-4H3,(H,14,15);1H,(H,2,3)/b11-7+;. The Bertz CT molecular complexity index is 426. The fourth-order valence-corrected chi connectivity index (χ4v) is 1.50. The van der Waals surface area contributed by atoms with Crippen LogP contribution in [0.25, 0.3) is 5.57 Å². The number of carboxylic acid groups (broad SMARTS) is 1. The fourth-order valence-electron chi connectivity index (χ4n) is 1.50. The Morgan fingerprint density at radius 2 is 2.17 bits per heavy atom. The van der Waals surface area contributed by atoms with Gasteiger partial charge in [-0.25, -0.2) is 4.98 Å². The van der Waals surface area contributed by atoms with Crippen molar-refractivity contribution in [1.82, 2.24) is 4.98 Å². The fraction of sp³-hybridized carbons (Fsp3) is 0.286. The molecule has 4 heteroatoms. The van der Waals surface area contributed by atoms with E-state index in [9.17, 15) is 0 Å². The second-order valence-electron chi connectivity index (χ2n) is 3.48. The number of aryl methyl sites for hydroxylation is 1. The number of hydrogen-bond donors (Lipinski definition) is 2. The van der Waals surface area contributed by atoms with Crippen molar-refractivity contribution in [2.24, 2.45) is 0 Å². The highest BCUT2D eigenvalue weighted by atomic mass is 16.3. The average molecular weight is 248 g/mol. The Labute approximate surface area is 108 Å². The molecule has 0 fully saturated rings. The molecular formula is C14H20N2O2. The molecule has 0 spiro atoms. The average Bonchev–Trinajstić information content (AvgIpc) is 2.37. The molecule has 0 atom stereocenters. The SMILES string of the molecule is C=C/C(=C\CC)c1ccc(C)nc1NC.O=CO. The van der Waals surface area contributed by atoms with Gasteiger partial charge in [0.25, 0.3) is 6.47 Å². The quantitative estimate of drug-likeness (QED) is 0.635. The summed E-state index contributed by atoms with van der Waals surface area (Å²) >= 11 is 0. The van der Waals surface area contributed by atoms with Crippen LogP contribution in [0.3, 0.4) is 0 Å². The number of rotatable bonds is 4. The van der Waals surface area contributed by atoms with Gasteiger partial charge in [-0.1, -0.05) is 25.7 Å². The first-order valence-electron chi connectivity index (χ1n) is 5.70. The highest BCUT2D eigenvalue weighted by Crippen LogP contribution is 2.23. The molecule has 0 radical (unpaired) electrons. The number of pyridine rings is 1. The van der Waals surface area contributed by atoms with Gasteiger partial charge in [0.1, 0.15) is 5.82 Å². The maximum absolute atomic E-state index is 8.36. The summed E-state index contributed by atoms with van der Waals surface area (Å²) in [6.45, 7) is 7.68. The number of aromatic nitrogens is 1. The first-order valence-corrected chi connectivity index (χ1v) is 5.70. The summed E-state index contributed by atoms with van der Waals surface area (Å²) in [5.41, 5.74) is 3.26. The van der Waals surface area contributed by atoms with E-state index in [1.165, 1.54) is 0 Å². The Balaban J connectivity index is 0.000000873. The molecule has 4 nitrogen and oxygen atoms in total. The van der Waals surface area contributed by atoms with Crippen LogP contribution in [0, 0.1) is 6.92 Å². The van der Waals surface area contributed by atoms with Crippen LogP contribution in [-0.4, -0.2) is 23.6 Å². The van der Waals surface area contributed by atoms with Gasteiger partial charge in [-0.05, 0) is 31.1 Å². The third kappa shape index (κ3) is 4.82. The van der Waals surface area contributed by atoms with Crippen molar-refractivity contribution < 1.29 is 9.90 Å². The van der Waals surface area contributed by atoms with Gasteiger partial charge in [-0.2, -0.15) is 0 Å². The molecule has 0 unspecified atom stereocenters. The molecule has 0 aliphatic rings. The highest BCUT2D eigenvalue weighted by Gasteiger charge is 2.05. The van der Waals surface area contributed by atoms with Crippen LogP contribution >= 0.6 is 0 Å². The minimum Gasteiger partial charge on any atom is -0.483 e. The third-order valence-electron chi connectivity index (χ3n) is 2.23. The van der Waals surface area contributed by atoms with E-state index in [2.05, 4.69) is 35.9 Å². The number of nitrogens with one attached hydrogen (secondary N) is 1. The Kier molecular flexibility index (Phi) is 7.94. The summed E-state index contributed by atoms with van der Waals surface area (Å²) in [4.78, 5) is 12.8. The lowest BCUT2D eigenvalue weighted by Gasteiger charge is -2.09. The van der Waals surface area contributed by atoms with Gasteiger partial charge in [0, 0.05) is 18.3 Å². The van der Waals surface area contributed by atoms with E-state index < -0.39 is 0 Å². The molecule has 1 rings (SSSR count). The van der Waals surface area contributed by atoms with Crippen LogP contribution in [0.1, 0.15) is 24.6 Å².